The number of hydrogen-bond acceptors (Lipinski definition) is 4. The van der Waals surface area contributed by atoms with Gasteiger partial charge in [0, 0.05) is 11.8 Å². The molecular weight excluding hydrogens is 401 g/mol. The normalized spacial score (nSPS) is 23.8. The molecule has 0 aliphatic heterocycles. The summed E-state index contributed by atoms with van der Waals surface area (Å²) in [4.78, 5) is 22.3. The van der Waals surface area contributed by atoms with Crippen molar-refractivity contribution in [1.29, 1.82) is 0 Å². The smallest absolute Gasteiger partial charge is 0.220 e. The van der Waals surface area contributed by atoms with E-state index in [-0.39, 0.29) is 18.2 Å². The third-order valence-corrected chi connectivity index (χ3v) is 5.86. The number of halogens is 1. The van der Waals surface area contributed by atoms with Gasteiger partial charge in [-0.2, -0.15) is 0 Å². The zero-order valence-corrected chi connectivity index (χ0v) is 19.2. The number of allylic oxidation sites excluding steroid dienone is 13. The predicted molar refractivity (Wildman–Crippen MR) is 130 cm³/mol. The second-order valence-electron chi connectivity index (χ2n) is 8.51. The first-order valence-corrected chi connectivity index (χ1v) is 10.8. The molecule has 1 heterocycles. The summed E-state index contributed by atoms with van der Waals surface area (Å²) in [6.45, 7) is 12.1. The third kappa shape index (κ3) is 4.62. The lowest BCUT2D eigenvalue weighted by molar-refractivity contribution is 0.104. The van der Waals surface area contributed by atoms with Crippen molar-refractivity contribution in [1.82, 2.24) is 9.97 Å². The number of carbonyl (C=O) groups is 1. The van der Waals surface area contributed by atoms with Gasteiger partial charge in [-0.1, -0.05) is 68.5 Å². The summed E-state index contributed by atoms with van der Waals surface area (Å²) in [5.41, 5.74) is 10.6. The highest BCUT2D eigenvalue weighted by Gasteiger charge is 2.35. The molecule has 2 aliphatic carbocycles. The molecule has 1 unspecified atom stereocenters. The van der Waals surface area contributed by atoms with Crippen molar-refractivity contribution < 1.29 is 9.18 Å². The fourth-order valence-corrected chi connectivity index (χ4v) is 4.02. The Kier molecular flexibility index (Phi) is 6.87. The Balaban J connectivity index is 2.32. The van der Waals surface area contributed by atoms with E-state index in [0.29, 0.717) is 28.9 Å². The maximum atomic E-state index is 13.7. The van der Waals surface area contributed by atoms with Crippen molar-refractivity contribution in [2.75, 3.05) is 5.73 Å². The minimum absolute atomic E-state index is 0.0765. The molecule has 3 rings (SSSR count). The molecule has 4 nitrogen and oxygen atoms in total. The number of nitrogen functional groups attached to an aromatic ring is 1. The Hall–Kier alpha value is -3.34. The van der Waals surface area contributed by atoms with E-state index < -0.39 is 11.6 Å². The lowest BCUT2D eigenvalue weighted by Gasteiger charge is -2.31. The van der Waals surface area contributed by atoms with E-state index in [2.05, 4.69) is 28.7 Å². The van der Waals surface area contributed by atoms with E-state index in [0.717, 1.165) is 16.7 Å². The van der Waals surface area contributed by atoms with E-state index in [1.165, 1.54) is 6.08 Å². The lowest BCUT2D eigenvalue weighted by Crippen LogP contribution is -2.28. The van der Waals surface area contributed by atoms with Gasteiger partial charge < -0.3 is 5.73 Å². The van der Waals surface area contributed by atoms with Crippen LogP contribution in [0, 0.1) is 0 Å². The molecule has 2 aliphatic rings. The quantitative estimate of drug-likeness (QED) is 0.579. The fraction of sp³-hybridized carbons (Fsp3) is 0.296. The molecule has 166 valence electrons. The lowest BCUT2D eigenvalue weighted by atomic mass is 9.74. The molecule has 0 aromatic carbocycles. The molecule has 1 aromatic rings. The number of carbonyl (C=O) groups excluding carboxylic acids is 1. The van der Waals surface area contributed by atoms with Gasteiger partial charge in [-0.25, -0.2) is 14.4 Å². The van der Waals surface area contributed by atoms with Crippen LogP contribution in [0.4, 0.5) is 10.3 Å². The highest BCUT2D eigenvalue weighted by Crippen LogP contribution is 2.40. The van der Waals surface area contributed by atoms with Gasteiger partial charge in [0.25, 0.3) is 0 Å². The van der Waals surface area contributed by atoms with Crippen molar-refractivity contribution in [3.63, 3.8) is 0 Å². The highest BCUT2D eigenvalue weighted by molar-refractivity contribution is 6.09. The fourth-order valence-electron chi connectivity index (χ4n) is 4.02. The van der Waals surface area contributed by atoms with Crippen LogP contribution < -0.4 is 5.73 Å². The van der Waals surface area contributed by atoms with Crippen LogP contribution in [0.5, 0.6) is 0 Å². The maximum Gasteiger partial charge on any atom is 0.220 e. The first-order chi connectivity index (χ1) is 15.2. The number of ketones is 1. The molecule has 0 radical (unpaired) electrons. The number of alkyl halides is 1. The predicted octanol–water partition coefficient (Wildman–Crippen LogP) is 6.17. The summed E-state index contributed by atoms with van der Waals surface area (Å²) in [7, 11) is 0. The SMILES string of the molecule is C=CC(=C\C(C)=CC)/C1=C/C/C=C/C(=O)c2c(C3=CCC(F)C=C3)nc(N)nc2C1(C)C. The van der Waals surface area contributed by atoms with Gasteiger partial charge in [0.15, 0.2) is 5.78 Å². The van der Waals surface area contributed by atoms with Gasteiger partial charge in [-0.3, -0.25) is 4.79 Å². The molecule has 32 heavy (non-hydrogen) atoms. The Morgan fingerprint density at radius 3 is 2.66 bits per heavy atom. The van der Waals surface area contributed by atoms with Crippen LogP contribution in [0.1, 0.15) is 62.3 Å². The van der Waals surface area contributed by atoms with Crippen LogP contribution in [0.25, 0.3) is 5.57 Å². The average Bonchev–Trinajstić information content (AvgIpc) is 2.80. The number of anilines is 1. The molecule has 0 saturated carbocycles. The first-order valence-electron chi connectivity index (χ1n) is 10.8. The monoisotopic (exact) mass is 431 g/mol. The zero-order valence-electron chi connectivity index (χ0n) is 19.2. The molecule has 5 heteroatoms. The van der Waals surface area contributed by atoms with Crippen LogP contribution >= 0.6 is 0 Å². The molecular formula is C27H30FN3O. The van der Waals surface area contributed by atoms with Crippen LogP contribution in [0.15, 0.2) is 78.0 Å². The van der Waals surface area contributed by atoms with Crippen molar-refractivity contribution >= 4 is 17.3 Å². The Morgan fingerprint density at radius 1 is 1.28 bits per heavy atom. The summed E-state index contributed by atoms with van der Waals surface area (Å²) in [5, 5.41) is 0. The minimum atomic E-state index is -1.04. The van der Waals surface area contributed by atoms with E-state index in [4.69, 9.17) is 5.73 Å². The van der Waals surface area contributed by atoms with Gasteiger partial charge in [0.1, 0.15) is 6.17 Å². The van der Waals surface area contributed by atoms with Crippen LogP contribution in [0.2, 0.25) is 0 Å². The van der Waals surface area contributed by atoms with Crippen LogP contribution in [-0.4, -0.2) is 21.9 Å². The number of nitrogens with zero attached hydrogens (tertiary/aromatic N) is 2. The maximum absolute atomic E-state index is 13.7. The van der Waals surface area contributed by atoms with Crippen molar-refractivity contribution in [3.8, 4) is 0 Å². The number of rotatable bonds is 4. The highest BCUT2D eigenvalue weighted by atomic mass is 19.1. The van der Waals surface area contributed by atoms with Gasteiger partial charge >= 0.3 is 0 Å². The standard InChI is InChI=1S/C27H30FN3O/c1-6-17(3)16-18(7-2)21-10-8-9-11-22(32)23-24(19-12-14-20(28)15-13-19)30-26(29)31-25(23)27(21,4)5/h6-7,9-14,16,20H,2,8,15H2,1,3-5H3,(H2,29,30,31)/b11-9+,17-6?,18-16+,21-10-. The molecule has 0 bridgehead atoms. The second-order valence-corrected chi connectivity index (χ2v) is 8.51. The minimum Gasteiger partial charge on any atom is -0.368 e. The summed E-state index contributed by atoms with van der Waals surface area (Å²) >= 11 is 0. The number of nitrogens with two attached hydrogens (primary N) is 1. The molecule has 2 N–H and O–H groups in total. The van der Waals surface area contributed by atoms with Crippen molar-refractivity contribution in [3.05, 3.63) is 94.9 Å². The molecule has 1 atom stereocenters. The van der Waals surface area contributed by atoms with Gasteiger partial charge in [0.05, 0.1) is 17.0 Å². The summed E-state index contributed by atoms with van der Waals surface area (Å²) in [6, 6.07) is 0. The van der Waals surface area contributed by atoms with E-state index in [1.54, 1.807) is 18.2 Å². The molecule has 0 spiro atoms. The van der Waals surface area contributed by atoms with Crippen LogP contribution in [0.3, 0.4) is 0 Å². The zero-order chi connectivity index (χ0) is 23.5. The molecule has 1 aromatic heterocycles. The molecule has 0 amide bonds. The van der Waals surface area contributed by atoms with E-state index in [1.807, 2.05) is 45.9 Å². The Bertz CT molecular complexity index is 1130. The summed E-state index contributed by atoms with van der Waals surface area (Å²) in [5.74, 6) is -0.115. The average molecular weight is 432 g/mol. The summed E-state index contributed by atoms with van der Waals surface area (Å²) < 4.78 is 13.7. The van der Waals surface area contributed by atoms with E-state index >= 15 is 0 Å². The Labute approximate surface area is 189 Å². The first kappa shape index (κ1) is 23.3. The molecule has 0 fully saturated rings. The number of aromatic nitrogens is 2. The van der Waals surface area contributed by atoms with E-state index in [9.17, 15) is 9.18 Å². The van der Waals surface area contributed by atoms with Crippen molar-refractivity contribution in [2.45, 2.75) is 52.1 Å². The van der Waals surface area contributed by atoms with Crippen LogP contribution in [-0.2, 0) is 5.41 Å². The Morgan fingerprint density at radius 2 is 2.03 bits per heavy atom. The summed E-state index contributed by atoms with van der Waals surface area (Å²) in [6.07, 6.45) is 16.1. The van der Waals surface area contributed by atoms with Gasteiger partial charge in [0.2, 0.25) is 5.95 Å². The largest absolute Gasteiger partial charge is 0.368 e. The third-order valence-electron chi connectivity index (χ3n) is 5.86. The number of hydrogen-bond donors (Lipinski definition) is 1. The van der Waals surface area contributed by atoms with Gasteiger partial charge in [-0.05, 0) is 49.1 Å². The number of fused-ring (bicyclic) bond motifs is 1. The van der Waals surface area contributed by atoms with Gasteiger partial charge in [-0.15, -0.1) is 0 Å². The topological polar surface area (TPSA) is 68.9 Å². The second kappa shape index (κ2) is 9.43. The molecule has 0 saturated heterocycles. The van der Waals surface area contributed by atoms with Crippen molar-refractivity contribution in [2.24, 2.45) is 0 Å².